The van der Waals surface area contributed by atoms with E-state index in [-0.39, 0.29) is 11.9 Å². The van der Waals surface area contributed by atoms with Gasteiger partial charge in [-0.1, -0.05) is 6.08 Å². The van der Waals surface area contributed by atoms with Crippen molar-refractivity contribution in [2.75, 3.05) is 13.1 Å². The van der Waals surface area contributed by atoms with Gasteiger partial charge in [-0.25, -0.2) is 9.37 Å². The molecule has 0 bridgehead atoms. The highest BCUT2D eigenvalue weighted by Crippen LogP contribution is 2.23. The van der Waals surface area contributed by atoms with E-state index in [4.69, 9.17) is 0 Å². The Morgan fingerprint density at radius 3 is 3.14 bits per heavy atom. The molecule has 4 nitrogen and oxygen atoms in total. The van der Waals surface area contributed by atoms with E-state index >= 15 is 0 Å². The normalized spacial score (nSPS) is 25.5. The molecule has 120 valence electrons. The summed E-state index contributed by atoms with van der Waals surface area (Å²) < 4.78 is 13.8. The van der Waals surface area contributed by atoms with E-state index in [1.54, 1.807) is 11.3 Å². The van der Waals surface area contributed by atoms with Gasteiger partial charge in [0.2, 0.25) is 5.91 Å². The second-order valence-electron chi connectivity index (χ2n) is 6.11. The molecule has 2 atom stereocenters. The molecule has 0 radical (unpaired) electrons. The molecule has 1 aliphatic carbocycles. The van der Waals surface area contributed by atoms with E-state index in [1.807, 2.05) is 18.4 Å². The Morgan fingerprint density at radius 2 is 2.45 bits per heavy atom. The van der Waals surface area contributed by atoms with Gasteiger partial charge in [-0.05, 0) is 32.6 Å². The lowest BCUT2D eigenvalue weighted by molar-refractivity contribution is -0.117. The van der Waals surface area contributed by atoms with Crippen molar-refractivity contribution in [1.29, 1.82) is 0 Å². The minimum atomic E-state index is -0.813. The van der Waals surface area contributed by atoms with Crippen molar-refractivity contribution in [1.82, 2.24) is 15.2 Å². The molecule has 6 heteroatoms. The zero-order valence-electron chi connectivity index (χ0n) is 12.8. The summed E-state index contributed by atoms with van der Waals surface area (Å²) in [6.45, 7) is 3.58. The van der Waals surface area contributed by atoms with Gasteiger partial charge in [0, 0.05) is 36.6 Å². The number of hydrogen-bond donors (Lipinski definition) is 1. The van der Waals surface area contributed by atoms with Crippen LogP contribution in [-0.4, -0.2) is 41.1 Å². The molecule has 22 heavy (non-hydrogen) atoms. The summed E-state index contributed by atoms with van der Waals surface area (Å²) in [5.41, 5.74) is 1.88. The third-order valence-electron chi connectivity index (χ3n) is 4.34. The Morgan fingerprint density at radius 1 is 1.59 bits per heavy atom. The molecule has 1 N–H and O–H groups in total. The van der Waals surface area contributed by atoms with E-state index in [0.29, 0.717) is 26.1 Å². The van der Waals surface area contributed by atoms with Gasteiger partial charge in [0.15, 0.2) is 0 Å². The Bertz CT molecular complexity index is 571. The van der Waals surface area contributed by atoms with E-state index in [0.717, 1.165) is 35.5 Å². The summed E-state index contributed by atoms with van der Waals surface area (Å²) in [5, 5.41) is 6.03. The van der Waals surface area contributed by atoms with Gasteiger partial charge in [-0.15, -0.1) is 11.3 Å². The Balaban J connectivity index is 1.55. The van der Waals surface area contributed by atoms with Crippen LogP contribution in [0.25, 0.3) is 0 Å². The maximum atomic E-state index is 13.8. The highest BCUT2D eigenvalue weighted by Gasteiger charge is 2.32. The number of carbonyl (C=O) groups excluding carboxylic acids is 1. The average molecular weight is 323 g/mol. The van der Waals surface area contributed by atoms with Crippen LogP contribution in [0, 0.1) is 6.92 Å². The van der Waals surface area contributed by atoms with Crippen LogP contribution in [0.4, 0.5) is 4.39 Å². The standard InChI is InChI=1S/C16H22FN3OS/c1-11-19-14(10-22-11)9-20-8-13(17)6-15(20)7-18-16(21)12-4-2-3-5-12/h4,10,13,15H,2-3,5-9H2,1H3,(H,18,21)/t13-,15-/m0/s1. The molecule has 3 rings (SSSR count). The second kappa shape index (κ2) is 6.87. The predicted octanol–water partition coefficient (Wildman–Crippen LogP) is 2.59. The molecule has 0 spiro atoms. The van der Waals surface area contributed by atoms with Gasteiger partial charge in [0.25, 0.3) is 0 Å². The lowest BCUT2D eigenvalue weighted by atomic mass is 10.2. The molecule has 2 aliphatic rings. The van der Waals surface area contributed by atoms with Crippen molar-refractivity contribution in [3.63, 3.8) is 0 Å². The number of rotatable bonds is 5. The molecule has 1 aromatic rings. The van der Waals surface area contributed by atoms with Crippen LogP contribution in [-0.2, 0) is 11.3 Å². The van der Waals surface area contributed by atoms with Crippen molar-refractivity contribution in [2.45, 2.75) is 51.4 Å². The third kappa shape index (κ3) is 3.73. The van der Waals surface area contributed by atoms with E-state index in [1.165, 1.54) is 0 Å². The quantitative estimate of drug-likeness (QED) is 0.906. The highest BCUT2D eigenvalue weighted by atomic mass is 32.1. The van der Waals surface area contributed by atoms with Crippen molar-refractivity contribution >= 4 is 17.2 Å². The molecule has 1 fully saturated rings. The van der Waals surface area contributed by atoms with E-state index in [9.17, 15) is 9.18 Å². The smallest absolute Gasteiger partial charge is 0.246 e. The summed E-state index contributed by atoms with van der Waals surface area (Å²) in [7, 11) is 0. The molecule has 1 saturated heterocycles. The minimum Gasteiger partial charge on any atom is -0.351 e. The number of aromatic nitrogens is 1. The molecular weight excluding hydrogens is 301 g/mol. The average Bonchev–Trinajstić information content (AvgIpc) is 3.19. The third-order valence-corrected chi connectivity index (χ3v) is 5.16. The zero-order chi connectivity index (χ0) is 15.5. The lowest BCUT2D eigenvalue weighted by Crippen LogP contribution is -2.40. The SMILES string of the molecule is Cc1nc(CN2C[C@@H](F)C[C@H]2CNC(=O)C2=CCCC2)cs1. The maximum Gasteiger partial charge on any atom is 0.246 e. The number of amides is 1. The van der Waals surface area contributed by atoms with Crippen LogP contribution in [0.3, 0.4) is 0 Å². The number of aryl methyl sites for hydroxylation is 1. The summed E-state index contributed by atoms with van der Waals surface area (Å²) in [6.07, 6.45) is 4.61. The molecule has 0 saturated carbocycles. The number of allylic oxidation sites excluding steroid dienone is 1. The number of thiazole rings is 1. The molecule has 1 aliphatic heterocycles. The fourth-order valence-corrected chi connectivity index (χ4v) is 3.82. The Kier molecular flexibility index (Phi) is 4.88. The molecule has 1 aromatic heterocycles. The van der Waals surface area contributed by atoms with Gasteiger partial charge >= 0.3 is 0 Å². The summed E-state index contributed by atoms with van der Waals surface area (Å²) >= 11 is 1.62. The maximum absolute atomic E-state index is 13.8. The van der Waals surface area contributed by atoms with Gasteiger partial charge in [-0.2, -0.15) is 0 Å². The topological polar surface area (TPSA) is 45.2 Å². The van der Waals surface area contributed by atoms with Gasteiger partial charge < -0.3 is 5.32 Å². The van der Waals surface area contributed by atoms with Crippen LogP contribution in [0.2, 0.25) is 0 Å². The van der Waals surface area contributed by atoms with Crippen LogP contribution < -0.4 is 5.32 Å². The first kappa shape index (κ1) is 15.6. The van der Waals surface area contributed by atoms with Crippen molar-refractivity contribution in [2.24, 2.45) is 0 Å². The first-order valence-electron chi connectivity index (χ1n) is 7.88. The first-order chi connectivity index (χ1) is 10.6. The summed E-state index contributed by atoms with van der Waals surface area (Å²) in [5.74, 6) is 0.0178. The van der Waals surface area contributed by atoms with Crippen LogP contribution in [0.15, 0.2) is 17.0 Å². The minimum absolute atomic E-state index is 0.0178. The van der Waals surface area contributed by atoms with Gasteiger partial charge in [0.05, 0.1) is 10.7 Å². The van der Waals surface area contributed by atoms with E-state index in [2.05, 4.69) is 15.2 Å². The predicted molar refractivity (Wildman–Crippen MR) is 85.5 cm³/mol. The fraction of sp³-hybridized carbons (Fsp3) is 0.625. The Hall–Kier alpha value is -1.27. The van der Waals surface area contributed by atoms with Gasteiger partial charge in [0.1, 0.15) is 6.17 Å². The molecular formula is C16H22FN3OS. The first-order valence-corrected chi connectivity index (χ1v) is 8.76. The number of halogens is 1. The number of hydrogen-bond acceptors (Lipinski definition) is 4. The Labute approximate surface area is 134 Å². The number of alkyl halides is 1. The number of likely N-dealkylation sites (tertiary alicyclic amines) is 1. The second-order valence-corrected chi connectivity index (χ2v) is 7.17. The number of carbonyl (C=O) groups is 1. The zero-order valence-corrected chi connectivity index (χ0v) is 13.7. The monoisotopic (exact) mass is 323 g/mol. The summed E-state index contributed by atoms with van der Waals surface area (Å²) in [4.78, 5) is 18.6. The molecule has 1 amide bonds. The van der Waals surface area contributed by atoms with Crippen LogP contribution >= 0.6 is 11.3 Å². The largest absolute Gasteiger partial charge is 0.351 e. The van der Waals surface area contributed by atoms with E-state index < -0.39 is 6.17 Å². The van der Waals surface area contributed by atoms with Gasteiger partial charge in [-0.3, -0.25) is 9.69 Å². The lowest BCUT2D eigenvalue weighted by Gasteiger charge is -2.23. The fourth-order valence-electron chi connectivity index (χ4n) is 3.22. The van der Waals surface area contributed by atoms with Crippen LogP contribution in [0.1, 0.15) is 36.4 Å². The molecule has 0 aromatic carbocycles. The van der Waals surface area contributed by atoms with Crippen molar-refractivity contribution in [3.8, 4) is 0 Å². The summed E-state index contributed by atoms with van der Waals surface area (Å²) in [6, 6.07) is 0.0583. The highest BCUT2D eigenvalue weighted by molar-refractivity contribution is 7.09. The van der Waals surface area contributed by atoms with Crippen molar-refractivity contribution < 1.29 is 9.18 Å². The van der Waals surface area contributed by atoms with Crippen LogP contribution in [0.5, 0.6) is 0 Å². The van der Waals surface area contributed by atoms with Crippen molar-refractivity contribution in [3.05, 3.63) is 27.7 Å². The molecule has 2 heterocycles. The number of nitrogens with one attached hydrogen (secondary N) is 1. The molecule has 0 unspecified atom stereocenters. The number of nitrogens with zero attached hydrogens (tertiary/aromatic N) is 2.